The van der Waals surface area contributed by atoms with Crippen molar-refractivity contribution in [3.63, 3.8) is 0 Å². The average molecular weight is 333 g/mol. The minimum absolute atomic E-state index is 0.0226. The second kappa shape index (κ2) is 6.93. The number of sulfonamides is 1. The number of carbonyl (C=O) groups excluding carboxylic acids is 1. The molecule has 0 unspecified atom stereocenters. The summed E-state index contributed by atoms with van der Waals surface area (Å²) < 4.78 is 24.1. The lowest BCUT2D eigenvalue weighted by Gasteiger charge is -2.05. The van der Waals surface area contributed by atoms with Gasteiger partial charge in [0.25, 0.3) is 10.0 Å². The molecule has 0 aliphatic carbocycles. The van der Waals surface area contributed by atoms with Crippen LogP contribution in [0.4, 0.5) is 5.69 Å². The zero-order chi connectivity index (χ0) is 16.9. The van der Waals surface area contributed by atoms with Crippen molar-refractivity contribution in [3.8, 4) is 5.75 Å². The number of amides is 1. The second-order valence-corrected chi connectivity index (χ2v) is 6.31. The van der Waals surface area contributed by atoms with Gasteiger partial charge >= 0.3 is 0 Å². The molecule has 2 aromatic carbocycles. The molecule has 23 heavy (non-hydrogen) atoms. The fraction of sp³-hybridized carbons (Fsp3) is 0.0667. The molecule has 0 atom stereocenters. The van der Waals surface area contributed by atoms with Gasteiger partial charge in [-0.3, -0.25) is 4.79 Å². The second-order valence-electron chi connectivity index (χ2n) is 4.65. The van der Waals surface area contributed by atoms with Gasteiger partial charge in [0, 0.05) is 12.6 Å². The van der Waals surface area contributed by atoms with Crippen molar-refractivity contribution >= 4 is 27.8 Å². The van der Waals surface area contributed by atoms with E-state index in [1.807, 2.05) is 0 Å². The topological polar surface area (TPSA) is 108 Å². The number of carbonyl (C=O) groups is 1. The SMILES string of the molecule is CC(=O)Nc1ccc(S(=O)(=O)NN=Cc2ccc(O)cc2)cc1. The molecule has 2 aromatic rings. The molecule has 3 N–H and O–H groups in total. The predicted octanol–water partition coefficient (Wildman–Crippen LogP) is 1.66. The highest BCUT2D eigenvalue weighted by Gasteiger charge is 2.12. The van der Waals surface area contributed by atoms with Crippen LogP contribution in [-0.4, -0.2) is 25.6 Å². The highest BCUT2D eigenvalue weighted by atomic mass is 32.2. The van der Waals surface area contributed by atoms with Crippen molar-refractivity contribution in [2.75, 3.05) is 5.32 Å². The molecule has 7 nitrogen and oxygen atoms in total. The summed E-state index contributed by atoms with van der Waals surface area (Å²) in [5.74, 6) is -0.126. The number of hydrogen-bond donors (Lipinski definition) is 3. The van der Waals surface area contributed by atoms with E-state index >= 15 is 0 Å². The molecular weight excluding hydrogens is 318 g/mol. The number of benzene rings is 2. The number of hydrogen-bond acceptors (Lipinski definition) is 5. The van der Waals surface area contributed by atoms with Gasteiger partial charge in [-0.05, 0) is 54.1 Å². The molecular formula is C15H15N3O4S. The van der Waals surface area contributed by atoms with E-state index in [1.165, 1.54) is 49.5 Å². The molecule has 0 radical (unpaired) electrons. The number of anilines is 1. The van der Waals surface area contributed by atoms with Gasteiger partial charge in [-0.2, -0.15) is 13.5 Å². The summed E-state index contributed by atoms with van der Waals surface area (Å²) in [6, 6.07) is 11.8. The number of nitrogens with one attached hydrogen (secondary N) is 2. The van der Waals surface area contributed by atoms with Gasteiger partial charge in [0.05, 0.1) is 11.1 Å². The first-order valence-corrected chi connectivity index (χ1v) is 8.07. The van der Waals surface area contributed by atoms with E-state index in [2.05, 4.69) is 15.2 Å². The van der Waals surface area contributed by atoms with Crippen LogP contribution in [0.1, 0.15) is 12.5 Å². The van der Waals surface area contributed by atoms with Crippen molar-refractivity contribution < 1.29 is 18.3 Å². The Hall–Kier alpha value is -2.87. The van der Waals surface area contributed by atoms with Crippen LogP contribution in [0.3, 0.4) is 0 Å². The number of phenols is 1. The molecule has 0 aromatic heterocycles. The van der Waals surface area contributed by atoms with E-state index in [4.69, 9.17) is 5.11 Å². The van der Waals surface area contributed by atoms with Gasteiger partial charge in [0.2, 0.25) is 5.91 Å². The fourth-order valence-electron chi connectivity index (χ4n) is 1.70. The summed E-state index contributed by atoms with van der Waals surface area (Å²) in [6.07, 6.45) is 1.32. The van der Waals surface area contributed by atoms with E-state index in [1.54, 1.807) is 12.1 Å². The van der Waals surface area contributed by atoms with E-state index < -0.39 is 10.0 Å². The molecule has 0 saturated heterocycles. The molecule has 0 fully saturated rings. The first kappa shape index (κ1) is 16.5. The van der Waals surface area contributed by atoms with Crippen LogP contribution in [0.5, 0.6) is 5.75 Å². The monoisotopic (exact) mass is 333 g/mol. The molecule has 120 valence electrons. The molecule has 0 spiro atoms. The van der Waals surface area contributed by atoms with Gasteiger partial charge in [-0.1, -0.05) is 0 Å². The molecule has 0 aliphatic heterocycles. The highest BCUT2D eigenvalue weighted by Crippen LogP contribution is 2.14. The lowest BCUT2D eigenvalue weighted by Crippen LogP contribution is -2.18. The predicted molar refractivity (Wildman–Crippen MR) is 86.8 cm³/mol. The van der Waals surface area contributed by atoms with Gasteiger partial charge in [0.15, 0.2) is 0 Å². The Morgan fingerprint density at radius 3 is 2.26 bits per heavy atom. The molecule has 0 saturated carbocycles. The number of aromatic hydroxyl groups is 1. The van der Waals surface area contributed by atoms with Crippen LogP contribution in [0.25, 0.3) is 0 Å². The van der Waals surface area contributed by atoms with Crippen LogP contribution >= 0.6 is 0 Å². The summed E-state index contributed by atoms with van der Waals surface area (Å²) in [4.78, 5) is 13.0. The number of phenolic OH excluding ortho intramolecular Hbond substituents is 1. The first-order valence-electron chi connectivity index (χ1n) is 6.58. The summed E-state index contributed by atoms with van der Waals surface area (Å²) in [6.45, 7) is 1.37. The van der Waals surface area contributed by atoms with Crippen LogP contribution in [0, 0.1) is 0 Å². The fourth-order valence-corrected chi connectivity index (χ4v) is 2.50. The Morgan fingerprint density at radius 2 is 1.70 bits per heavy atom. The average Bonchev–Trinajstić information content (AvgIpc) is 2.49. The standard InChI is InChI=1S/C15H15N3O4S/c1-11(19)17-13-4-8-15(9-5-13)23(21,22)18-16-10-12-2-6-14(20)7-3-12/h2-10,18,20H,1H3,(H,17,19). The largest absolute Gasteiger partial charge is 0.508 e. The summed E-state index contributed by atoms with van der Waals surface area (Å²) in [5.41, 5.74) is 1.13. The maximum Gasteiger partial charge on any atom is 0.276 e. The quantitative estimate of drug-likeness (QED) is 0.571. The first-order chi connectivity index (χ1) is 10.9. The van der Waals surface area contributed by atoms with Crippen molar-refractivity contribution in [3.05, 3.63) is 54.1 Å². The van der Waals surface area contributed by atoms with Crippen LogP contribution in [0.15, 0.2) is 58.5 Å². The van der Waals surface area contributed by atoms with Crippen LogP contribution < -0.4 is 10.1 Å². The number of rotatable bonds is 5. The smallest absolute Gasteiger partial charge is 0.276 e. The number of nitrogens with zero attached hydrogens (tertiary/aromatic N) is 1. The van der Waals surface area contributed by atoms with E-state index in [0.717, 1.165) is 0 Å². The molecule has 8 heteroatoms. The minimum Gasteiger partial charge on any atom is -0.508 e. The summed E-state index contributed by atoms with van der Waals surface area (Å²) in [7, 11) is -3.79. The molecule has 1 amide bonds. The Balaban J connectivity index is 2.06. The summed E-state index contributed by atoms with van der Waals surface area (Å²) in [5, 5.41) is 15.4. The third-order valence-corrected chi connectivity index (χ3v) is 4.00. The Bertz CT molecular complexity index is 813. The van der Waals surface area contributed by atoms with Crippen molar-refractivity contribution in [2.45, 2.75) is 11.8 Å². The van der Waals surface area contributed by atoms with Gasteiger partial charge < -0.3 is 10.4 Å². The maximum atomic E-state index is 12.1. The maximum absolute atomic E-state index is 12.1. The van der Waals surface area contributed by atoms with Crippen LogP contribution in [-0.2, 0) is 14.8 Å². The summed E-state index contributed by atoms with van der Waals surface area (Å²) >= 11 is 0. The molecule has 2 rings (SSSR count). The zero-order valence-electron chi connectivity index (χ0n) is 12.2. The minimum atomic E-state index is -3.79. The third-order valence-electron chi connectivity index (χ3n) is 2.76. The lowest BCUT2D eigenvalue weighted by atomic mass is 10.2. The van der Waals surface area contributed by atoms with Crippen molar-refractivity contribution in [1.29, 1.82) is 0 Å². The lowest BCUT2D eigenvalue weighted by molar-refractivity contribution is -0.114. The third kappa shape index (κ3) is 4.82. The van der Waals surface area contributed by atoms with Crippen molar-refractivity contribution in [1.82, 2.24) is 4.83 Å². The highest BCUT2D eigenvalue weighted by molar-refractivity contribution is 7.89. The van der Waals surface area contributed by atoms with E-state index in [9.17, 15) is 13.2 Å². The van der Waals surface area contributed by atoms with Gasteiger partial charge in [-0.15, -0.1) is 0 Å². The number of hydrazone groups is 1. The molecule has 0 bridgehead atoms. The van der Waals surface area contributed by atoms with E-state index in [-0.39, 0.29) is 16.6 Å². The zero-order valence-corrected chi connectivity index (χ0v) is 13.0. The van der Waals surface area contributed by atoms with Crippen LogP contribution in [0.2, 0.25) is 0 Å². The van der Waals surface area contributed by atoms with Gasteiger partial charge in [-0.25, -0.2) is 4.83 Å². The van der Waals surface area contributed by atoms with Gasteiger partial charge in [0.1, 0.15) is 5.75 Å². The Labute approximate surface area is 133 Å². The molecule has 0 aliphatic rings. The van der Waals surface area contributed by atoms with Crippen molar-refractivity contribution in [2.24, 2.45) is 5.10 Å². The Morgan fingerprint density at radius 1 is 1.09 bits per heavy atom. The molecule has 0 heterocycles. The van der Waals surface area contributed by atoms with E-state index in [0.29, 0.717) is 11.3 Å². The normalized spacial score (nSPS) is 11.3. The Kier molecular flexibility index (Phi) is 4.97.